The lowest BCUT2D eigenvalue weighted by Gasteiger charge is -2.21. The van der Waals surface area contributed by atoms with Crippen molar-refractivity contribution in [2.75, 3.05) is 6.54 Å². The van der Waals surface area contributed by atoms with E-state index in [4.69, 9.17) is 5.11 Å². The van der Waals surface area contributed by atoms with Crippen LogP contribution in [0.3, 0.4) is 0 Å². The van der Waals surface area contributed by atoms with Gasteiger partial charge in [0.05, 0.1) is 12.2 Å². The third-order valence-electron chi connectivity index (χ3n) is 3.58. The van der Waals surface area contributed by atoms with Gasteiger partial charge in [-0.05, 0) is 26.3 Å². The van der Waals surface area contributed by atoms with E-state index in [1.54, 1.807) is 6.20 Å². The van der Waals surface area contributed by atoms with Crippen LogP contribution in [0, 0.1) is 6.92 Å². The molecule has 1 aliphatic rings. The molecule has 2 aromatic heterocycles. The molecule has 1 unspecified atom stereocenters. The second kappa shape index (κ2) is 5.04. The number of rotatable bonds is 4. The quantitative estimate of drug-likeness (QED) is 0.764. The van der Waals surface area contributed by atoms with Crippen molar-refractivity contribution in [3.05, 3.63) is 29.1 Å². The smallest absolute Gasteiger partial charge is 0.354 e. The molecule has 3 N–H and O–H groups in total. The summed E-state index contributed by atoms with van der Waals surface area (Å²) in [5, 5.41) is 22.5. The maximum absolute atomic E-state index is 11.1. The molecular formula is C12H16N6O2. The van der Waals surface area contributed by atoms with Crippen molar-refractivity contribution in [3.8, 4) is 0 Å². The number of nitrogens with one attached hydrogen (secondary N) is 2. The molecule has 20 heavy (non-hydrogen) atoms. The van der Waals surface area contributed by atoms with Crippen LogP contribution in [0.1, 0.15) is 46.6 Å². The summed E-state index contributed by atoms with van der Waals surface area (Å²) < 4.78 is 0. The fourth-order valence-electron chi connectivity index (χ4n) is 2.65. The number of carbonyl (C=O) groups is 1. The second-order valence-corrected chi connectivity index (χ2v) is 4.98. The normalized spacial score (nSPS) is 19.6. The fourth-order valence-corrected chi connectivity index (χ4v) is 2.65. The zero-order chi connectivity index (χ0) is 14.1. The first-order valence-corrected chi connectivity index (χ1v) is 6.53. The van der Waals surface area contributed by atoms with Crippen molar-refractivity contribution >= 4 is 5.97 Å². The number of carboxylic acid groups (broad SMARTS) is 1. The predicted octanol–water partition coefficient (Wildman–Crippen LogP) is 0.872. The topological polar surface area (TPSA) is 111 Å². The van der Waals surface area contributed by atoms with Crippen LogP contribution in [0.4, 0.5) is 0 Å². The predicted molar refractivity (Wildman–Crippen MR) is 69.1 cm³/mol. The Morgan fingerprint density at radius 3 is 3.10 bits per heavy atom. The van der Waals surface area contributed by atoms with Crippen molar-refractivity contribution in [2.45, 2.75) is 32.4 Å². The van der Waals surface area contributed by atoms with E-state index in [0.717, 1.165) is 31.0 Å². The Morgan fingerprint density at radius 1 is 1.55 bits per heavy atom. The van der Waals surface area contributed by atoms with Gasteiger partial charge in [-0.15, -0.1) is 0 Å². The Balaban J connectivity index is 1.79. The minimum absolute atomic E-state index is 0.136. The van der Waals surface area contributed by atoms with Gasteiger partial charge in [0.15, 0.2) is 5.82 Å². The SMILES string of the molecule is Cc1nc(C2CCCN2Cc2cn[nH]c2C(=O)O)n[nH]1. The molecule has 8 heteroatoms. The van der Waals surface area contributed by atoms with Gasteiger partial charge in [0, 0.05) is 12.1 Å². The number of carboxylic acids is 1. The minimum atomic E-state index is -0.984. The molecule has 1 fully saturated rings. The summed E-state index contributed by atoms with van der Waals surface area (Å²) in [6.45, 7) is 3.31. The number of nitrogens with zero attached hydrogens (tertiary/aromatic N) is 4. The van der Waals surface area contributed by atoms with Gasteiger partial charge in [-0.2, -0.15) is 10.2 Å². The van der Waals surface area contributed by atoms with Crippen LogP contribution in [0.25, 0.3) is 0 Å². The molecule has 3 heterocycles. The van der Waals surface area contributed by atoms with Crippen LogP contribution in [0.5, 0.6) is 0 Å². The van der Waals surface area contributed by atoms with Crippen LogP contribution in [0.15, 0.2) is 6.20 Å². The number of hydrogen-bond acceptors (Lipinski definition) is 5. The van der Waals surface area contributed by atoms with E-state index < -0.39 is 5.97 Å². The van der Waals surface area contributed by atoms with Gasteiger partial charge in [0.2, 0.25) is 0 Å². The maximum atomic E-state index is 11.1. The Labute approximate surface area is 115 Å². The van der Waals surface area contributed by atoms with E-state index in [-0.39, 0.29) is 11.7 Å². The summed E-state index contributed by atoms with van der Waals surface area (Å²) in [5.41, 5.74) is 0.846. The Bertz CT molecular complexity index is 619. The number of aromatic amines is 2. The summed E-state index contributed by atoms with van der Waals surface area (Å²) in [6.07, 6.45) is 3.61. The van der Waals surface area contributed by atoms with Gasteiger partial charge in [-0.3, -0.25) is 15.1 Å². The number of H-pyrrole nitrogens is 2. The van der Waals surface area contributed by atoms with Gasteiger partial charge in [0.1, 0.15) is 11.5 Å². The highest BCUT2D eigenvalue weighted by atomic mass is 16.4. The standard InChI is InChI=1S/C12H16N6O2/c1-7-14-11(17-15-7)9-3-2-4-18(9)6-8-5-13-16-10(8)12(19)20/h5,9H,2-4,6H2,1H3,(H,13,16)(H,19,20)(H,14,15,17). The maximum Gasteiger partial charge on any atom is 0.354 e. The third-order valence-corrected chi connectivity index (χ3v) is 3.58. The first-order valence-electron chi connectivity index (χ1n) is 6.53. The molecule has 1 aliphatic heterocycles. The van der Waals surface area contributed by atoms with Crippen molar-refractivity contribution in [1.29, 1.82) is 0 Å². The summed E-state index contributed by atoms with van der Waals surface area (Å²) in [4.78, 5) is 17.7. The second-order valence-electron chi connectivity index (χ2n) is 4.98. The molecule has 0 bridgehead atoms. The molecule has 106 valence electrons. The molecular weight excluding hydrogens is 260 g/mol. The van der Waals surface area contributed by atoms with E-state index in [0.29, 0.717) is 12.1 Å². The first-order chi connectivity index (χ1) is 9.65. The lowest BCUT2D eigenvalue weighted by molar-refractivity contribution is 0.0687. The molecule has 1 atom stereocenters. The molecule has 1 saturated heterocycles. The molecule has 8 nitrogen and oxygen atoms in total. The van der Waals surface area contributed by atoms with Gasteiger partial charge < -0.3 is 5.11 Å². The van der Waals surface area contributed by atoms with Gasteiger partial charge in [-0.25, -0.2) is 9.78 Å². The van der Waals surface area contributed by atoms with Crippen molar-refractivity contribution < 1.29 is 9.90 Å². The van der Waals surface area contributed by atoms with E-state index in [9.17, 15) is 4.79 Å². The van der Waals surface area contributed by atoms with Crippen LogP contribution in [-0.4, -0.2) is 47.9 Å². The summed E-state index contributed by atoms with van der Waals surface area (Å²) >= 11 is 0. The Morgan fingerprint density at radius 2 is 2.40 bits per heavy atom. The summed E-state index contributed by atoms with van der Waals surface area (Å²) in [5.74, 6) is 0.587. The Kier molecular flexibility index (Phi) is 3.23. The number of hydrogen-bond donors (Lipinski definition) is 3. The highest BCUT2D eigenvalue weighted by Crippen LogP contribution is 2.31. The fraction of sp³-hybridized carbons (Fsp3) is 0.500. The van der Waals surface area contributed by atoms with Crippen LogP contribution < -0.4 is 0 Å². The van der Waals surface area contributed by atoms with Crippen LogP contribution in [-0.2, 0) is 6.54 Å². The van der Waals surface area contributed by atoms with E-state index in [2.05, 4.69) is 30.3 Å². The largest absolute Gasteiger partial charge is 0.477 e. The third kappa shape index (κ3) is 2.29. The van der Waals surface area contributed by atoms with Gasteiger partial charge >= 0.3 is 5.97 Å². The average molecular weight is 276 g/mol. The summed E-state index contributed by atoms with van der Waals surface area (Å²) in [6, 6.07) is 0.136. The lowest BCUT2D eigenvalue weighted by atomic mass is 10.2. The monoisotopic (exact) mass is 276 g/mol. The molecule has 0 aromatic carbocycles. The summed E-state index contributed by atoms with van der Waals surface area (Å²) in [7, 11) is 0. The molecule has 2 aromatic rings. The Hall–Kier alpha value is -2.22. The molecule has 0 radical (unpaired) electrons. The van der Waals surface area contributed by atoms with E-state index in [1.807, 2.05) is 6.92 Å². The highest BCUT2D eigenvalue weighted by Gasteiger charge is 2.30. The first kappa shape index (κ1) is 12.8. The van der Waals surface area contributed by atoms with E-state index in [1.165, 1.54) is 0 Å². The molecule has 0 amide bonds. The molecule has 0 saturated carbocycles. The van der Waals surface area contributed by atoms with Gasteiger partial charge in [-0.1, -0.05) is 0 Å². The van der Waals surface area contributed by atoms with Crippen LogP contribution >= 0.6 is 0 Å². The molecule has 3 rings (SSSR count). The number of aromatic nitrogens is 5. The lowest BCUT2D eigenvalue weighted by Crippen LogP contribution is -2.24. The number of likely N-dealkylation sites (tertiary alicyclic amines) is 1. The van der Waals surface area contributed by atoms with Gasteiger partial charge in [0.25, 0.3) is 0 Å². The van der Waals surface area contributed by atoms with Crippen LogP contribution in [0.2, 0.25) is 0 Å². The highest BCUT2D eigenvalue weighted by molar-refractivity contribution is 5.86. The minimum Gasteiger partial charge on any atom is -0.477 e. The zero-order valence-electron chi connectivity index (χ0n) is 11.1. The number of aromatic carboxylic acids is 1. The average Bonchev–Trinajstić information content (AvgIpc) is 3.09. The van der Waals surface area contributed by atoms with E-state index >= 15 is 0 Å². The van der Waals surface area contributed by atoms with Crippen molar-refractivity contribution in [3.63, 3.8) is 0 Å². The zero-order valence-corrected chi connectivity index (χ0v) is 11.1. The van der Waals surface area contributed by atoms with Crippen molar-refractivity contribution in [2.24, 2.45) is 0 Å². The van der Waals surface area contributed by atoms with Crippen molar-refractivity contribution in [1.82, 2.24) is 30.3 Å². The molecule has 0 spiro atoms. The molecule has 0 aliphatic carbocycles. The number of aryl methyl sites for hydroxylation is 1.